The summed E-state index contributed by atoms with van der Waals surface area (Å²) in [4.78, 5) is 18.9. The molecule has 1 aliphatic carbocycles. The van der Waals surface area contributed by atoms with Gasteiger partial charge in [0.2, 0.25) is 5.91 Å². The average Bonchev–Trinajstić information content (AvgIpc) is 3.16. The van der Waals surface area contributed by atoms with E-state index in [9.17, 15) is 4.79 Å². The number of nitrogens with two attached hydrogens (primary N) is 1. The molecule has 5 nitrogen and oxygen atoms in total. The van der Waals surface area contributed by atoms with Gasteiger partial charge in [0.1, 0.15) is 5.82 Å². The van der Waals surface area contributed by atoms with Crippen LogP contribution >= 0.6 is 36.4 Å². The molecule has 136 valence electrons. The number of hydrogen-bond donors (Lipinski definition) is 2. The molecule has 0 aromatic carbocycles. The van der Waals surface area contributed by atoms with Gasteiger partial charge < -0.3 is 16.0 Å². The summed E-state index contributed by atoms with van der Waals surface area (Å²) < 4.78 is 0. The molecule has 2 aliphatic rings. The van der Waals surface area contributed by atoms with Gasteiger partial charge in [-0.3, -0.25) is 4.79 Å². The number of nitrogens with zero attached hydrogens (tertiary/aromatic N) is 2. The van der Waals surface area contributed by atoms with E-state index >= 15 is 0 Å². The number of carbonyl (C=O) groups excluding carboxylic acids is 1. The molecule has 1 aromatic rings. The van der Waals surface area contributed by atoms with E-state index < -0.39 is 0 Å². The van der Waals surface area contributed by atoms with E-state index in [0.29, 0.717) is 17.5 Å². The highest BCUT2D eigenvalue weighted by atomic mass is 35.5. The molecule has 3 rings (SSSR count). The minimum atomic E-state index is 0. The lowest BCUT2D eigenvalue weighted by Crippen LogP contribution is -2.42. The van der Waals surface area contributed by atoms with Crippen molar-refractivity contribution in [2.24, 2.45) is 17.6 Å². The fraction of sp³-hybridized carbons (Fsp3) is 0.625. The number of carbonyl (C=O) groups is 1. The lowest BCUT2D eigenvalue weighted by atomic mass is 9.95. The Morgan fingerprint density at radius 1 is 1.38 bits per heavy atom. The fourth-order valence-corrected chi connectivity index (χ4v) is 3.89. The largest absolute Gasteiger partial charge is 0.353 e. The van der Waals surface area contributed by atoms with Crippen LogP contribution in [0.1, 0.15) is 25.7 Å². The molecule has 1 aliphatic heterocycles. The molecule has 3 atom stereocenters. The molecule has 1 unspecified atom stereocenters. The quantitative estimate of drug-likeness (QED) is 0.822. The Hall–Kier alpha value is -0.750. The van der Waals surface area contributed by atoms with E-state index in [1.807, 2.05) is 12.1 Å². The Balaban J connectivity index is 0.00000144. The van der Waals surface area contributed by atoms with E-state index in [0.717, 1.165) is 44.6 Å². The van der Waals surface area contributed by atoms with Crippen LogP contribution in [0.2, 0.25) is 5.02 Å². The first-order chi connectivity index (χ1) is 10.7. The monoisotopic (exact) mass is 394 g/mol. The molecular formula is C16H25Cl3N4O. The van der Waals surface area contributed by atoms with Crippen molar-refractivity contribution in [3.05, 3.63) is 23.4 Å². The highest BCUT2D eigenvalue weighted by Gasteiger charge is 2.34. The van der Waals surface area contributed by atoms with E-state index in [-0.39, 0.29) is 42.7 Å². The predicted octanol–water partition coefficient (Wildman–Crippen LogP) is 2.65. The zero-order valence-electron chi connectivity index (χ0n) is 13.5. The van der Waals surface area contributed by atoms with Crippen LogP contribution < -0.4 is 16.0 Å². The van der Waals surface area contributed by atoms with Crippen LogP contribution in [0.25, 0.3) is 0 Å². The van der Waals surface area contributed by atoms with Crippen LogP contribution in [-0.2, 0) is 4.79 Å². The van der Waals surface area contributed by atoms with Gasteiger partial charge in [0.15, 0.2) is 0 Å². The van der Waals surface area contributed by atoms with E-state index in [1.54, 1.807) is 6.20 Å². The third-order valence-electron chi connectivity index (χ3n) is 4.87. The summed E-state index contributed by atoms with van der Waals surface area (Å²) in [5.74, 6) is 1.42. The number of aromatic nitrogens is 1. The molecule has 0 bridgehead atoms. The summed E-state index contributed by atoms with van der Waals surface area (Å²) in [6.45, 7) is 2.24. The van der Waals surface area contributed by atoms with Crippen LogP contribution in [0.5, 0.6) is 0 Å². The first kappa shape index (κ1) is 21.3. The molecule has 3 N–H and O–H groups in total. The third-order valence-corrected chi connectivity index (χ3v) is 5.17. The lowest BCUT2D eigenvalue weighted by molar-refractivity contribution is -0.126. The van der Waals surface area contributed by atoms with Crippen LogP contribution in [0, 0.1) is 11.8 Å². The van der Waals surface area contributed by atoms with Crippen molar-refractivity contribution in [2.75, 3.05) is 24.5 Å². The molecule has 2 heterocycles. The van der Waals surface area contributed by atoms with Gasteiger partial charge in [0.05, 0.1) is 5.02 Å². The Bertz CT molecular complexity index is 546. The van der Waals surface area contributed by atoms with Gasteiger partial charge in [0.25, 0.3) is 0 Å². The Morgan fingerprint density at radius 2 is 2.17 bits per heavy atom. The molecular weight excluding hydrogens is 371 g/mol. The average molecular weight is 396 g/mol. The van der Waals surface area contributed by atoms with Gasteiger partial charge in [-0.15, -0.1) is 24.8 Å². The van der Waals surface area contributed by atoms with E-state index in [1.165, 1.54) is 0 Å². The third kappa shape index (κ3) is 4.66. The second kappa shape index (κ2) is 9.66. The summed E-state index contributed by atoms with van der Waals surface area (Å²) in [6.07, 6.45) is 5.83. The molecule has 24 heavy (non-hydrogen) atoms. The number of halogens is 3. The molecule has 1 amide bonds. The smallest absolute Gasteiger partial charge is 0.223 e. The van der Waals surface area contributed by atoms with E-state index in [2.05, 4.69) is 15.2 Å². The number of rotatable bonds is 4. The topological polar surface area (TPSA) is 71.2 Å². The Labute approximate surface area is 160 Å². The zero-order chi connectivity index (χ0) is 15.5. The summed E-state index contributed by atoms with van der Waals surface area (Å²) >= 11 is 6.19. The first-order valence-electron chi connectivity index (χ1n) is 8.05. The summed E-state index contributed by atoms with van der Waals surface area (Å²) in [5, 5.41) is 3.86. The molecule has 0 radical (unpaired) electrons. The molecule has 1 saturated heterocycles. The predicted molar refractivity (Wildman–Crippen MR) is 102 cm³/mol. The second-order valence-electron chi connectivity index (χ2n) is 6.28. The van der Waals surface area contributed by atoms with Gasteiger partial charge in [-0.05, 0) is 43.9 Å². The highest BCUT2D eigenvalue weighted by Crippen LogP contribution is 2.31. The molecule has 8 heteroatoms. The standard InChI is InChI=1S/C16H23ClN4O.2ClH/c17-14-5-2-7-19-15(14)21-8-6-12(10-21)20-16(22)13-4-1-3-11(13)9-18;;/h2,5,7,11-13H,1,3-4,6,8-10,18H2,(H,20,22);2*1H/t11-,12?,13-;;/m1../s1. The first-order valence-corrected chi connectivity index (χ1v) is 8.42. The minimum absolute atomic E-state index is 0. The van der Waals surface area contributed by atoms with Gasteiger partial charge in [-0.2, -0.15) is 0 Å². The van der Waals surface area contributed by atoms with Crippen molar-refractivity contribution in [2.45, 2.75) is 31.7 Å². The fourth-order valence-electron chi connectivity index (χ4n) is 3.65. The van der Waals surface area contributed by atoms with Crippen molar-refractivity contribution in [1.29, 1.82) is 0 Å². The lowest BCUT2D eigenvalue weighted by Gasteiger charge is -2.22. The SMILES string of the molecule is Cl.Cl.NC[C@H]1CCC[C@H]1C(=O)NC1CCN(c2ncccc2Cl)C1. The second-order valence-corrected chi connectivity index (χ2v) is 6.69. The maximum Gasteiger partial charge on any atom is 0.223 e. The number of pyridine rings is 1. The summed E-state index contributed by atoms with van der Waals surface area (Å²) in [7, 11) is 0. The van der Waals surface area contributed by atoms with Crippen molar-refractivity contribution >= 4 is 48.1 Å². The molecule has 1 aromatic heterocycles. The number of anilines is 1. The number of hydrogen-bond acceptors (Lipinski definition) is 4. The van der Waals surface area contributed by atoms with Gasteiger partial charge >= 0.3 is 0 Å². The van der Waals surface area contributed by atoms with Crippen molar-refractivity contribution in [1.82, 2.24) is 10.3 Å². The van der Waals surface area contributed by atoms with Gasteiger partial charge in [0, 0.05) is 31.2 Å². The van der Waals surface area contributed by atoms with E-state index in [4.69, 9.17) is 17.3 Å². The maximum absolute atomic E-state index is 12.5. The molecule has 0 spiro atoms. The Kier molecular flexibility index (Phi) is 8.57. The number of nitrogens with one attached hydrogen (secondary N) is 1. The van der Waals surface area contributed by atoms with Gasteiger partial charge in [-0.1, -0.05) is 18.0 Å². The summed E-state index contributed by atoms with van der Waals surface area (Å²) in [5.41, 5.74) is 5.77. The van der Waals surface area contributed by atoms with Crippen molar-refractivity contribution < 1.29 is 4.79 Å². The zero-order valence-corrected chi connectivity index (χ0v) is 15.9. The minimum Gasteiger partial charge on any atom is -0.353 e. The Morgan fingerprint density at radius 3 is 2.88 bits per heavy atom. The maximum atomic E-state index is 12.5. The molecule has 2 fully saturated rings. The molecule has 1 saturated carbocycles. The van der Waals surface area contributed by atoms with Crippen molar-refractivity contribution in [3.63, 3.8) is 0 Å². The van der Waals surface area contributed by atoms with Crippen molar-refractivity contribution in [3.8, 4) is 0 Å². The van der Waals surface area contributed by atoms with Crippen LogP contribution in [0.3, 0.4) is 0 Å². The summed E-state index contributed by atoms with van der Waals surface area (Å²) in [6, 6.07) is 3.85. The van der Waals surface area contributed by atoms with Gasteiger partial charge in [-0.25, -0.2) is 4.98 Å². The highest BCUT2D eigenvalue weighted by molar-refractivity contribution is 6.32. The normalized spacial score (nSPS) is 25.8. The van der Waals surface area contributed by atoms with Crippen LogP contribution in [0.15, 0.2) is 18.3 Å². The van der Waals surface area contributed by atoms with Crippen LogP contribution in [0.4, 0.5) is 5.82 Å². The van der Waals surface area contributed by atoms with Crippen LogP contribution in [-0.4, -0.2) is 36.6 Å². The number of amides is 1.